The van der Waals surface area contributed by atoms with Gasteiger partial charge in [0.2, 0.25) is 0 Å². The second-order valence-corrected chi connectivity index (χ2v) is 7.37. The van der Waals surface area contributed by atoms with Crippen LogP contribution in [0.25, 0.3) is 0 Å². The van der Waals surface area contributed by atoms with Gasteiger partial charge in [-0.25, -0.2) is 0 Å². The number of halogens is 3. The predicted molar refractivity (Wildman–Crippen MR) is 113 cm³/mol. The fourth-order valence-corrected chi connectivity index (χ4v) is 3.17. The van der Waals surface area contributed by atoms with Crippen LogP contribution in [0.4, 0.5) is 18.9 Å². The molecule has 7 heteroatoms. The number of carbonyl (C=O) groups excluding carboxylic acids is 1. The molecule has 1 heterocycles. The van der Waals surface area contributed by atoms with E-state index < -0.39 is 23.9 Å². The van der Waals surface area contributed by atoms with Crippen molar-refractivity contribution in [3.05, 3.63) is 94.8 Å². The lowest BCUT2D eigenvalue weighted by Crippen LogP contribution is -2.37. The lowest BCUT2D eigenvalue weighted by atomic mass is 10.1. The summed E-state index contributed by atoms with van der Waals surface area (Å²) in [6, 6.07) is 16.4. The molecule has 4 nitrogen and oxygen atoms in total. The Kier molecular flexibility index (Phi) is 6.75. The quantitative estimate of drug-likeness (QED) is 0.599. The van der Waals surface area contributed by atoms with Crippen molar-refractivity contribution in [2.24, 2.45) is 0 Å². The molecule has 0 radical (unpaired) electrons. The summed E-state index contributed by atoms with van der Waals surface area (Å²) in [5.74, 6) is -0.505. The Morgan fingerprint density at radius 3 is 2.32 bits per heavy atom. The van der Waals surface area contributed by atoms with Crippen molar-refractivity contribution in [2.45, 2.75) is 32.5 Å². The number of hydrogen-bond donors (Lipinski definition) is 1. The summed E-state index contributed by atoms with van der Waals surface area (Å²) in [5, 5.41) is 10.6. The molecule has 0 fully saturated rings. The zero-order chi connectivity index (χ0) is 22.6. The van der Waals surface area contributed by atoms with Crippen LogP contribution in [-0.4, -0.2) is 22.5 Å². The van der Waals surface area contributed by atoms with E-state index in [2.05, 4.69) is 4.98 Å². The van der Waals surface area contributed by atoms with Crippen molar-refractivity contribution in [1.82, 2.24) is 4.98 Å². The summed E-state index contributed by atoms with van der Waals surface area (Å²) < 4.78 is 38.2. The van der Waals surface area contributed by atoms with E-state index in [0.29, 0.717) is 16.8 Å². The highest BCUT2D eigenvalue weighted by Gasteiger charge is 2.32. The monoisotopic (exact) mass is 428 g/mol. The van der Waals surface area contributed by atoms with Crippen LogP contribution < -0.4 is 4.90 Å². The number of anilines is 1. The number of nitrogens with zero attached hydrogens (tertiary/aromatic N) is 2. The molecule has 1 amide bonds. The second-order valence-electron chi connectivity index (χ2n) is 7.37. The number of carbonyl (C=O) groups is 1. The van der Waals surface area contributed by atoms with E-state index in [1.165, 1.54) is 17.2 Å². The maximum Gasteiger partial charge on any atom is 0.433 e. The van der Waals surface area contributed by atoms with Crippen molar-refractivity contribution in [1.29, 1.82) is 0 Å². The molecule has 1 atom stereocenters. The molecule has 0 aliphatic heterocycles. The zero-order valence-corrected chi connectivity index (χ0v) is 17.2. The minimum absolute atomic E-state index is 0.179. The third-order valence-corrected chi connectivity index (χ3v) is 5.16. The van der Waals surface area contributed by atoms with Gasteiger partial charge in [0.05, 0.1) is 0 Å². The lowest BCUT2D eigenvalue weighted by Gasteiger charge is -2.26. The largest absolute Gasteiger partial charge is 0.433 e. The third kappa shape index (κ3) is 5.49. The van der Waals surface area contributed by atoms with Crippen LogP contribution >= 0.6 is 0 Å². The van der Waals surface area contributed by atoms with Gasteiger partial charge in [0.1, 0.15) is 5.69 Å². The van der Waals surface area contributed by atoms with Gasteiger partial charge in [0.25, 0.3) is 5.91 Å². The molecular formula is C24H23F3N2O2. The van der Waals surface area contributed by atoms with Crippen LogP contribution in [0.15, 0.2) is 66.9 Å². The molecular weight excluding hydrogens is 405 g/mol. The summed E-state index contributed by atoms with van der Waals surface area (Å²) in [6.07, 6.45) is -4.40. The van der Waals surface area contributed by atoms with Crippen LogP contribution in [0.2, 0.25) is 0 Å². The second kappa shape index (κ2) is 9.31. The van der Waals surface area contributed by atoms with E-state index in [9.17, 15) is 23.1 Å². The van der Waals surface area contributed by atoms with Crippen LogP contribution in [-0.2, 0) is 17.4 Å². The number of aromatic nitrogens is 1. The first kappa shape index (κ1) is 22.5. The summed E-state index contributed by atoms with van der Waals surface area (Å²) in [4.78, 5) is 18.1. The van der Waals surface area contributed by atoms with Crippen molar-refractivity contribution < 1.29 is 23.1 Å². The maximum absolute atomic E-state index is 13.2. The van der Waals surface area contributed by atoms with Crippen LogP contribution in [0.3, 0.4) is 0 Å². The van der Waals surface area contributed by atoms with E-state index >= 15 is 0 Å². The van der Waals surface area contributed by atoms with Gasteiger partial charge in [-0.05, 0) is 60.7 Å². The number of aryl methyl sites for hydroxylation is 2. The van der Waals surface area contributed by atoms with Crippen molar-refractivity contribution in [2.75, 3.05) is 11.4 Å². The molecule has 1 unspecified atom stereocenters. The SMILES string of the molecule is Cc1ccc(N(CCc2ccc(C(F)(F)F)nc2)C(=O)C(O)c2ccccc2)cc1C. The summed E-state index contributed by atoms with van der Waals surface area (Å²) in [7, 11) is 0. The zero-order valence-electron chi connectivity index (χ0n) is 17.2. The first-order chi connectivity index (χ1) is 14.7. The van der Waals surface area contributed by atoms with E-state index in [4.69, 9.17) is 0 Å². The number of amides is 1. The fourth-order valence-electron chi connectivity index (χ4n) is 3.17. The predicted octanol–water partition coefficient (Wildman–Crippen LogP) is 5.03. The normalized spacial score (nSPS) is 12.5. The van der Waals surface area contributed by atoms with E-state index in [-0.39, 0.29) is 13.0 Å². The topological polar surface area (TPSA) is 53.4 Å². The van der Waals surface area contributed by atoms with Crippen LogP contribution in [0.1, 0.15) is 34.1 Å². The van der Waals surface area contributed by atoms with Crippen molar-refractivity contribution in [3.63, 3.8) is 0 Å². The molecule has 0 bridgehead atoms. The van der Waals surface area contributed by atoms with Crippen molar-refractivity contribution >= 4 is 11.6 Å². The molecule has 3 rings (SSSR count). The highest BCUT2D eigenvalue weighted by molar-refractivity contribution is 5.97. The molecule has 0 spiro atoms. The molecule has 31 heavy (non-hydrogen) atoms. The number of benzene rings is 2. The molecule has 0 saturated carbocycles. The van der Waals surface area contributed by atoms with Gasteiger partial charge in [0, 0.05) is 18.4 Å². The fraction of sp³-hybridized carbons (Fsp3) is 0.250. The van der Waals surface area contributed by atoms with Gasteiger partial charge < -0.3 is 10.0 Å². The van der Waals surface area contributed by atoms with Gasteiger partial charge in [-0.2, -0.15) is 13.2 Å². The van der Waals surface area contributed by atoms with Gasteiger partial charge in [-0.15, -0.1) is 0 Å². The number of aliphatic hydroxyl groups excluding tert-OH is 1. The standard InChI is InChI=1S/C24H23F3N2O2/c1-16-8-10-20(14-17(16)2)29(23(31)22(30)19-6-4-3-5-7-19)13-12-18-9-11-21(28-15-18)24(25,26)27/h3-11,14-15,22,30H,12-13H2,1-2H3. The minimum Gasteiger partial charge on any atom is -0.378 e. The number of rotatable bonds is 6. The lowest BCUT2D eigenvalue weighted by molar-refractivity contribution is -0.141. The Balaban J connectivity index is 1.85. The first-order valence-electron chi connectivity index (χ1n) is 9.80. The third-order valence-electron chi connectivity index (χ3n) is 5.16. The Morgan fingerprint density at radius 1 is 1.03 bits per heavy atom. The number of pyridine rings is 1. The molecule has 1 N–H and O–H groups in total. The number of alkyl halides is 3. The molecule has 0 aliphatic rings. The smallest absolute Gasteiger partial charge is 0.378 e. The molecule has 1 aromatic heterocycles. The van der Waals surface area contributed by atoms with Crippen LogP contribution in [0, 0.1) is 13.8 Å². The van der Waals surface area contributed by atoms with E-state index in [1.807, 2.05) is 26.0 Å². The molecule has 2 aromatic carbocycles. The molecule has 0 aliphatic carbocycles. The highest BCUT2D eigenvalue weighted by Crippen LogP contribution is 2.28. The number of hydrogen-bond acceptors (Lipinski definition) is 3. The van der Waals surface area contributed by atoms with Crippen LogP contribution in [0.5, 0.6) is 0 Å². The molecule has 162 valence electrons. The van der Waals surface area contributed by atoms with E-state index in [1.54, 1.807) is 36.4 Å². The van der Waals surface area contributed by atoms with Gasteiger partial charge in [0.15, 0.2) is 6.10 Å². The maximum atomic E-state index is 13.2. The summed E-state index contributed by atoms with van der Waals surface area (Å²) in [5.41, 5.74) is 2.73. The van der Waals surface area contributed by atoms with E-state index in [0.717, 1.165) is 17.2 Å². The van der Waals surface area contributed by atoms with Gasteiger partial charge >= 0.3 is 6.18 Å². The average molecular weight is 428 g/mol. The number of aliphatic hydroxyl groups is 1. The Hall–Kier alpha value is -3.19. The Morgan fingerprint density at radius 2 is 1.74 bits per heavy atom. The first-order valence-corrected chi connectivity index (χ1v) is 9.80. The summed E-state index contributed by atoms with van der Waals surface area (Å²) in [6.45, 7) is 4.06. The van der Waals surface area contributed by atoms with Gasteiger partial charge in [-0.3, -0.25) is 9.78 Å². The average Bonchev–Trinajstić information content (AvgIpc) is 2.76. The molecule has 3 aromatic rings. The Labute approximate surface area is 179 Å². The van der Waals surface area contributed by atoms with Crippen molar-refractivity contribution in [3.8, 4) is 0 Å². The summed E-state index contributed by atoms with van der Waals surface area (Å²) >= 11 is 0. The Bertz CT molecular complexity index is 1030. The molecule has 0 saturated heterocycles. The minimum atomic E-state index is -4.50. The van der Waals surface area contributed by atoms with Gasteiger partial charge in [-0.1, -0.05) is 42.5 Å². The highest BCUT2D eigenvalue weighted by atomic mass is 19.4.